The van der Waals surface area contributed by atoms with Gasteiger partial charge in [-0.1, -0.05) is 11.6 Å². The van der Waals surface area contributed by atoms with Crippen molar-refractivity contribution in [1.29, 1.82) is 0 Å². The maximum absolute atomic E-state index is 12.5. The van der Waals surface area contributed by atoms with Gasteiger partial charge in [-0.3, -0.25) is 0 Å². The second-order valence-corrected chi connectivity index (χ2v) is 3.65. The minimum Gasteiger partial charge on any atom is -0.493 e. The summed E-state index contributed by atoms with van der Waals surface area (Å²) in [7, 11) is 3.04. The summed E-state index contributed by atoms with van der Waals surface area (Å²) in [6.07, 6.45) is 0. The van der Waals surface area contributed by atoms with E-state index in [4.69, 9.17) is 21.1 Å². The molecule has 0 aliphatic carbocycles. The molecule has 6 heteroatoms. The van der Waals surface area contributed by atoms with Gasteiger partial charge < -0.3 is 9.47 Å². The van der Waals surface area contributed by atoms with Crippen molar-refractivity contribution in [1.82, 2.24) is 9.97 Å². The third-order valence-electron chi connectivity index (χ3n) is 2.32. The molecule has 0 unspecified atom stereocenters. The lowest BCUT2D eigenvalue weighted by Crippen LogP contribution is -1.96. The maximum atomic E-state index is 12.5. The minimum absolute atomic E-state index is 0.0507. The van der Waals surface area contributed by atoms with Gasteiger partial charge in [-0.2, -0.15) is 0 Å². The topological polar surface area (TPSA) is 44.2 Å². The predicted molar refractivity (Wildman–Crippen MR) is 62.5 cm³/mol. The number of hydrogen-bond acceptors (Lipinski definition) is 4. The fourth-order valence-electron chi connectivity index (χ4n) is 1.52. The van der Waals surface area contributed by atoms with Crippen molar-refractivity contribution in [2.45, 2.75) is 6.67 Å². The standard InChI is InChI=1S/C11H10ClFN2O2/c1-16-8-3-6-7(4-9(8)17-2)14-10(5-13)15-11(6)12/h3-4H,5H2,1-2H3. The van der Waals surface area contributed by atoms with Crippen LogP contribution in [0.25, 0.3) is 10.9 Å². The van der Waals surface area contributed by atoms with Gasteiger partial charge in [0.1, 0.15) is 11.8 Å². The van der Waals surface area contributed by atoms with Crippen LogP contribution < -0.4 is 9.47 Å². The molecule has 0 aliphatic rings. The van der Waals surface area contributed by atoms with Gasteiger partial charge in [-0.25, -0.2) is 14.4 Å². The summed E-state index contributed by atoms with van der Waals surface area (Å²) >= 11 is 5.95. The van der Waals surface area contributed by atoms with Crippen molar-refractivity contribution in [2.24, 2.45) is 0 Å². The molecule has 0 radical (unpaired) electrons. The second-order valence-electron chi connectivity index (χ2n) is 3.29. The Morgan fingerprint density at radius 1 is 1.18 bits per heavy atom. The lowest BCUT2D eigenvalue weighted by molar-refractivity contribution is 0.355. The second kappa shape index (κ2) is 4.71. The summed E-state index contributed by atoms with van der Waals surface area (Å²) in [5.74, 6) is 1.09. The Morgan fingerprint density at radius 2 is 1.82 bits per heavy atom. The Hall–Kier alpha value is -1.62. The number of rotatable bonds is 3. The number of alkyl halides is 1. The van der Waals surface area contributed by atoms with Crippen molar-refractivity contribution in [2.75, 3.05) is 14.2 Å². The van der Waals surface area contributed by atoms with Crippen LogP contribution in [-0.4, -0.2) is 24.2 Å². The van der Waals surface area contributed by atoms with Crippen LogP contribution in [0, 0.1) is 0 Å². The van der Waals surface area contributed by atoms with E-state index >= 15 is 0 Å². The third-order valence-corrected chi connectivity index (χ3v) is 2.61. The molecule has 0 atom stereocenters. The largest absolute Gasteiger partial charge is 0.493 e. The summed E-state index contributed by atoms with van der Waals surface area (Å²) in [5, 5.41) is 0.796. The summed E-state index contributed by atoms with van der Waals surface area (Å²) in [5.41, 5.74) is 0.523. The first kappa shape index (κ1) is 11.9. The van der Waals surface area contributed by atoms with Crippen LogP contribution in [0.3, 0.4) is 0 Å². The van der Waals surface area contributed by atoms with Gasteiger partial charge in [0.15, 0.2) is 17.3 Å². The molecular weight excluding hydrogens is 247 g/mol. The Kier molecular flexibility index (Phi) is 3.28. The van der Waals surface area contributed by atoms with Gasteiger partial charge in [0.05, 0.1) is 19.7 Å². The van der Waals surface area contributed by atoms with E-state index in [-0.39, 0.29) is 11.0 Å². The van der Waals surface area contributed by atoms with Gasteiger partial charge in [-0.05, 0) is 6.07 Å². The third kappa shape index (κ3) is 2.10. The molecule has 2 aromatic rings. The van der Waals surface area contributed by atoms with Crippen LogP contribution in [0.5, 0.6) is 11.5 Å². The van der Waals surface area contributed by atoms with Gasteiger partial charge >= 0.3 is 0 Å². The number of ether oxygens (including phenoxy) is 2. The molecule has 0 bridgehead atoms. The number of methoxy groups -OCH3 is 2. The Labute approximate surface area is 102 Å². The molecule has 0 fully saturated rings. The Balaban J connectivity index is 2.73. The molecule has 90 valence electrons. The van der Waals surface area contributed by atoms with Crippen LogP contribution in [-0.2, 0) is 6.67 Å². The van der Waals surface area contributed by atoms with Crippen LogP contribution in [0.2, 0.25) is 5.15 Å². The van der Waals surface area contributed by atoms with E-state index in [9.17, 15) is 4.39 Å². The van der Waals surface area contributed by atoms with E-state index in [0.29, 0.717) is 22.4 Å². The van der Waals surface area contributed by atoms with Crippen LogP contribution in [0.1, 0.15) is 5.82 Å². The predicted octanol–water partition coefficient (Wildman–Crippen LogP) is 2.77. The summed E-state index contributed by atoms with van der Waals surface area (Å²) in [6.45, 7) is -0.760. The van der Waals surface area contributed by atoms with E-state index in [2.05, 4.69) is 9.97 Å². The molecule has 0 saturated heterocycles. The van der Waals surface area contributed by atoms with E-state index < -0.39 is 6.67 Å². The van der Waals surface area contributed by atoms with Gasteiger partial charge in [-0.15, -0.1) is 0 Å². The van der Waals surface area contributed by atoms with Crippen molar-refractivity contribution in [3.05, 3.63) is 23.1 Å². The fraction of sp³-hybridized carbons (Fsp3) is 0.273. The number of halogens is 2. The summed E-state index contributed by atoms with van der Waals surface area (Å²) in [4.78, 5) is 7.87. The van der Waals surface area contributed by atoms with Crippen LogP contribution in [0.15, 0.2) is 12.1 Å². The highest BCUT2D eigenvalue weighted by atomic mass is 35.5. The molecular formula is C11H10ClFN2O2. The molecule has 1 aromatic heterocycles. The minimum atomic E-state index is -0.760. The first-order valence-electron chi connectivity index (χ1n) is 4.83. The van der Waals surface area contributed by atoms with Gasteiger partial charge in [0.2, 0.25) is 0 Å². The molecule has 1 aromatic carbocycles. The zero-order valence-electron chi connectivity index (χ0n) is 9.33. The SMILES string of the molecule is COc1cc2nc(CF)nc(Cl)c2cc1OC. The first-order valence-corrected chi connectivity index (χ1v) is 5.21. The zero-order valence-corrected chi connectivity index (χ0v) is 10.1. The molecule has 0 aliphatic heterocycles. The van der Waals surface area contributed by atoms with Crippen molar-refractivity contribution in [3.63, 3.8) is 0 Å². The molecule has 0 N–H and O–H groups in total. The first-order chi connectivity index (χ1) is 8.19. The number of hydrogen-bond donors (Lipinski definition) is 0. The molecule has 0 amide bonds. The van der Waals surface area contributed by atoms with E-state index in [1.54, 1.807) is 12.1 Å². The average molecular weight is 257 g/mol. The fourth-order valence-corrected chi connectivity index (χ4v) is 1.77. The van der Waals surface area contributed by atoms with Gasteiger partial charge in [0, 0.05) is 11.5 Å². The van der Waals surface area contributed by atoms with Crippen molar-refractivity contribution < 1.29 is 13.9 Å². The number of fused-ring (bicyclic) bond motifs is 1. The van der Waals surface area contributed by atoms with Gasteiger partial charge in [0.25, 0.3) is 0 Å². The molecule has 0 spiro atoms. The maximum Gasteiger partial charge on any atom is 0.162 e. The molecule has 4 nitrogen and oxygen atoms in total. The monoisotopic (exact) mass is 256 g/mol. The zero-order chi connectivity index (χ0) is 12.4. The lowest BCUT2D eigenvalue weighted by Gasteiger charge is -2.09. The Bertz CT molecular complexity index is 563. The van der Waals surface area contributed by atoms with E-state index in [1.165, 1.54) is 14.2 Å². The van der Waals surface area contributed by atoms with E-state index in [0.717, 1.165) is 0 Å². The smallest absolute Gasteiger partial charge is 0.162 e. The van der Waals surface area contributed by atoms with E-state index in [1.807, 2.05) is 0 Å². The van der Waals surface area contributed by atoms with Crippen molar-refractivity contribution in [3.8, 4) is 11.5 Å². The van der Waals surface area contributed by atoms with Crippen molar-refractivity contribution >= 4 is 22.5 Å². The molecule has 0 saturated carbocycles. The van der Waals surface area contributed by atoms with Crippen LogP contribution in [0.4, 0.5) is 4.39 Å². The highest BCUT2D eigenvalue weighted by Gasteiger charge is 2.11. The summed E-state index contributed by atoms with van der Waals surface area (Å²) in [6, 6.07) is 3.30. The highest BCUT2D eigenvalue weighted by molar-refractivity contribution is 6.34. The number of nitrogens with zero attached hydrogens (tertiary/aromatic N) is 2. The average Bonchev–Trinajstić information content (AvgIpc) is 2.36. The quantitative estimate of drug-likeness (QED) is 0.792. The number of aromatic nitrogens is 2. The highest BCUT2D eigenvalue weighted by Crippen LogP contribution is 2.33. The Morgan fingerprint density at radius 3 is 2.41 bits per heavy atom. The molecule has 2 rings (SSSR count). The molecule has 17 heavy (non-hydrogen) atoms. The van der Waals surface area contributed by atoms with Crippen LogP contribution >= 0.6 is 11.6 Å². The number of benzene rings is 1. The normalized spacial score (nSPS) is 10.6. The summed E-state index contributed by atoms with van der Waals surface area (Å²) < 4.78 is 22.8. The lowest BCUT2D eigenvalue weighted by atomic mass is 10.2. The molecule has 1 heterocycles.